The highest BCUT2D eigenvalue weighted by Gasteiger charge is 2.40. The van der Waals surface area contributed by atoms with Gasteiger partial charge in [-0.3, -0.25) is 0 Å². The lowest BCUT2D eigenvalue weighted by molar-refractivity contribution is 0.534. The summed E-state index contributed by atoms with van der Waals surface area (Å²) >= 11 is 5.44. The lowest BCUT2D eigenvalue weighted by Crippen LogP contribution is -2.42. The van der Waals surface area contributed by atoms with Crippen molar-refractivity contribution in [2.24, 2.45) is 0 Å². The molecule has 13 heavy (non-hydrogen) atoms. The number of aromatic nitrogens is 1. The van der Waals surface area contributed by atoms with Crippen LogP contribution < -0.4 is 4.90 Å². The molecule has 0 N–H and O–H groups in total. The van der Waals surface area contributed by atoms with E-state index in [-0.39, 0.29) is 5.54 Å². The Morgan fingerprint density at radius 3 is 2.92 bits per heavy atom. The second-order valence-electron chi connectivity index (χ2n) is 3.88. The Morgan fingerprint density at radius 2 is 2.46 bits per heavy atom. The lowest BCUT2D eigenvalue weighted by Gasteiger charge is -2.33. The molecule has 0 aromatic carbocycles. The van der Waals surface area contributed by atoms with Gasteiger partial charge in [0.15, 0.2) is 5.13 Å². The zero-order chi connectivity index (χ0) is 9.47. The molecule has 1 aromatic heterocycles. The average molecular weight is 261 g/mol. The van der Waals surface area contributed by atoms with Gasteiger partial charge in [-0.15, -0.1) is 11.3 Å². The van der Waals surface area contributed by atoms with Gasteiger partial charge in [0.2, 0.25) is 0 Å². The molecule has 0 spiro atoms. The van der Waals surface area contributed by atoms with Gasteiger partial charge in [-0.2, -0.15) is 0 Å². The van der Waals surface area contributed by atoms with Crippen LogP contribution in [-0.2, 0) is 0 Å². The molecule has 1 fully saturated rings. The van der Waals surface area contributed by atoms with Crippen molar-refractivity contribution >= 4 is 32.4 Å². The average Bonchev–Trinajstić information content (AvgIpc) is 2.62. The molecule has 1 saturated heterocycles. The van der Waals surface area contributed by atoms with Crippen molar-refractivity contribution in [1.29, 1.82) is 0 Å². The van der Waals surface area contributed by atoms with Crippen LogP contribution in [0.1, 0.15) is 20.3 Å². The van der Waals surface area contributed by atoms with E-state index in [9.17, 15) is 0 Å². The third-order valence-electron chi connectivity index (χ3n) is 2.72. The first-order chi connectivity index (χ1) is 6.12. The van der Waals surface area contributed by atoms with Crippen molar-refractivity contribution in [3.63, 3.8) is 0 Å². The normalized spacial score (nSPS) is 26.7. The van der Waals surface area contributed by atoms with Crippen LogP contribution in [0.4, 0.5) is 5.13 Å². The Hall–Kier alpha value is -0.0900. The van der Waals surface area contributed by atoms with Gasteiger partial charge < -0.3 is 4.90 Å². The molecule has 1 aliphatic rings. The molecule has 0 amide bonds. The number of alkyl halides is 1. The molecule has 1 unspecified atom stereocenters. The highest BCUT2D eigenvalue weighted by atomic mass is 79.9. The molecule has 4 heteroatoms. The van der Waals surface area contributed by atoms with Crippen molar-refractivity contribution in [2.45, 2.75) is 30.6 Å². The number of rotatable bonds is 1. The predicted octanol–water partition coefficient (Wildman–Crippen LogP) is 2.90. The first kappa shape index (κ1) is 9.46. The van der Waals surface area contributed by atoms with Crippen LogP contribution in [0.25, 0.3) is 0 Å². The van der Waals surface area contributed by atoms with E-state index in [4.69, 9.17) is 0 Å². The van der Waals surface area contributed by atoms with Gasteiger partial charge in [-0.25, -0.2) is 4.98 Å². The third-order valence-corrected chi connectivity index (χ3v) is 5.09. The molecule has 0 radical (unpaired) electrons. The molecule has 1 atom stereocenters. The molecular weight excluding hydrogens is 248 g/mol. The summed E-state index contributed by atoms with van der Waals surface area (Å²) in [6.07, 6.45) is 3.07. The van der Waals surface area contributed by atoms with E-state index < -0.39 is 0 Å². The van der Waals surface area contributed by atoms with Crippen LogP contribution in [-0.4, -0.2) is 21.9 Å². The summed E-state index contributed by atoms with van der Waals surface area (Å²) in [5, 5.41) is 3.18. The second-order valence-corrected chi connectivity index (χ2v) is 5.85. The number of hydrogen-bond acceptors (Lipinski definition) is 3. The quantitative estimate of drug-likeness (QED) is 0.722. The lowest BCUT2D eigenvalue weighted by atomic mass is 10.0. The van der Waals surface area contributed by atoms with E-state index in [1.54, 1.807) is 11.3 Å². The van der Waals surface area contributed by atoms with E-state index >= 15 is 0 Å². The summed E-state index contributed by atoms with van der Waals surface area (Å²) in [5.41, 5.74) is 0.192. The summed E-state index contributed by atoms with van der Waals surface area (Å²) in [6.45, 7) is 5.64. The summed E-state index contributed by atoms with van der Waals surface area (Å²) in [7, 11) is 0. The smallest absolute Gasteiger partial charge is 0.185 e. The molecule has 0 bridgehead atoms. The minimum atomic E-state index is 0.192. The van der Waals surface area contributed by atoms with Crippen LogP contribution in [0, 0.1) is 0 Å². The number of hydrogen-bond donors (Lipinski definition) is 0. The van der Waals surface area contributed by atoms with Crippen molar-refractivity contribution in [3.05, 3.63) is 11.6 Å². The molecule has 1 aliphatic heterocycles. The van der Waals surface area contributed by atoms with Gasteiger partial charge in [-0.1, -0.05) is 15.9 Å². The Morgan fingerprint density at radius 1 is 1.69 bits per heavy atom. The Balaban J connectivity index is 2.27. The molecule has 2 heterocycles. The van der Waals surface area contributed by atoms with Crippen LogP contribution in [0.15, 0.2) is 11.6 Å². The number of thiazole rings is 1. The summed E-state index contributed by atoms with van der Waals surface area (Å²) in [5.74, 6) is 0. The summed E-state index contributed by atoms with van der Waals surface area (Å²) in [4.78, 5) is 7.31. The third kappa shape index (κ3) is 1.50. The van der Waals surface area contributed by atoms with Gasteiger partial charge in [0.25, 0.3) is 0 Å². The fraction of sp³-hybridized carbons (Fsp3) is 0.667. The Bertz CT molecular complexity index is 284. The van der Waals surface area contributed by atoms with Crippen molar-refractivity contribution < 1.29 is 0 Å². The monoisotopic (exact) mass is 260 g/mol. The molecular formula is C9H13BrN2S. The van der Waals surface area contributed by atoms with Crippen molar-refractivity contribution in [2.75, 3.05) is 11.4 Å². The first-order valence-corrected chi connectivity index (χ1v) is 6.23. The number of anilines is 1. The van der Waals surface area contributed by atoms with Gasteiger partial charge in [0.05, 0.1) is 0 Å². The molecule has 1 aromatic rings. The fourth-order valence-electron chi connectivity index (χ4n) is 1.74. The van der Waals surface area contributed by atoms with Crippen LogP contribution in [0.2, 0.25) is 0 Å². The Labute approximate surface area is 91.1 Å². The maximum Gasteiger partial charge on any atom is 0.185 e. The van der Waals surface area contributed by atoms with E-state index in [1.165, 1.54) is 6.42 Å². The van der Waals surface area contributed by atoms with Crippen molar-refractivity contribution in [3.8, 4) is 0 Å². The highest BCUT2D eigenvalue weighted by Crippen LogP contribution is 2.38. The van der Waals surface area contributed by atoms with E-state index in [2.05, 4.69) is 39.7 Å². The van der Waals surface area contributed by atoms with Gasteiger partial charge >= 0.3 is 0 Å². The number of nitrogens with zero attached hydrogens (tertiary/aromatic N) is 2. The standard InChI is InChI=1S/C9H13BrN2S/c1-9(2)7(10)3-5-12(9)8-11-4-6-13-8/h4,6-7H,3,5H2,1-2H3. The van der Waals surface area contributed by atoms with Gasteiger partial charge in [0, 0.05) is 28.5 Å². The van der Waals surface area contributed by atoms with Gasteiger partial charge in [0.1, 0.15) is 0 Å². The Kier molecular flexibility index (Phi) is 2.36. The minimum absolute atomic E-state index is 0.192. The number of halogens is 1. The van der Waals surface area contributed by atoms with Crippen LogP contribution >= 0.6 is 27.3 Å². The largest absolute Gasteiger partial charge is 0.342 e. The zero-order valence-electron chi connectivity index (χ0n) is 7.83. The minimum Gasteiger partial charge on any atom is -0.342 e. The predicted molar refractivity (Wildman–Crippen MR) is 60.9 cm³/mol. The van der Waals surface area contributed by atoms with Crippen LogP contribution in [0.3, 0.4) is 0 Å². The second kappa shape index (κ2) is 3.24. The summed E-state index contributed by atoms with van der Waals surface area (Å²) in [6, 6.07) is 0. The summed E-state index contributed by atoms with van der Waals surface area (Å²) < 4.78 is 0. The highest BCUT2D eigenvalue weighted by molar-refractivity contribution is 9.09. The van der Waals surface area contributed by atoms with E-state index in [0.29, 0.717) is 4.83 Å². The van der Waals surface area contributed by atoms with Crippen molar-refractivity contribution in [1.82, 2.24) is 4.98 Å². The maximum absolute atomic E-state index is 4.35. The topological polar surface area (TPSA) is 16.1 Å². The molecule has 2 rings (SSSR count). The van der Waals surface area contributed by atoms with E-state index in [0.717, 1.165) is 11.7 Å². The van der Waals surface area contributed by atoms with E-state index in [1.807, 2.05) is 11.6 Å². The maximum atomic E-state index is 4.35. The molecule has 2 nitrogen and oxygen atoms in total. The van der Waals surface area contributed by atoms with Gasteiger partial charge in [-0.05, 0) is 20.3 Å². The first-order valence-electron chi connectivity index (χ1n) is 4.43. The SMILES string of the molecule is CC1(C)C(Br)CCN1c1nccs1. The molecule has 0 aliphatic carbocycles. The zero-order valence-corrected chi connectivity index (χ0v) is 10.2. The van der Waals surface area contributed by atoms with Crippen LogP contribution in [0.5, 0.6) is 0 Å². The molecule has 72 valence electrons. The fourth-order valence-corrected chi connectivity index (χ4v) is 3.02. The molecule has 0 saturated carbocycles.